The van der Waals surface area contributed by atoms with Gasteiger partial charge in [-0.1, -0.05) is 28.1 Å². The molecule has 4 heteroatoms. The average molecular weight is 350 g/mol. The summed E-state index contributed by atoms with van der Waals surface area (Å²) >= 11 is 3.45. The van der Waals surface area contributed by atoms with Crippen LogP contribution in [0.3, 0.4) is 0 Å². The molecule has 0 aliphatic heterocycles. The fourth-order valence-corrected chi connectivity index (χ4v) is 2.82. The molecule has 0 radical (unpaired) electrons. The van der Waals surface area contributed by atoms with Gasteiger partial charge in [0.15, 0.2) is 0 Å². The molecule has 0 heterocycles. The summed E-state index contributed by atoms with van der Waals surface area (Å²) in [7, 11) is 3.34. The predicted octanol–water partition coefficient (Wildman–Crippen LogP) is 4.13. The van der Waals surface area contributed by atoms with Gasteiger partial charge in [-0.05, 0) is 48.7 Å². The van der Waals surface area contributed by atoms with Gasteiger partial charge in [0, 0.05) is 10.0 Å². The number of hydrogen-bond acceptors (Lipinski definition) is 3. The van der Waals surface area contributed by atoms with E-state index < -0.39 is 0 Å². The highest BCUT2D eigenvalue weighted by atomic mass is 79.9. The van der Waals surface area contributed by atoms with E-state index in [2.05, 4.69) is 22.0 Å². The Balaban J connectivity index is 2.50. The summed E-state index contributed by atoms with van der Waals surface area (Å²) in [6, 6.07) is 9.77. The molecule has 0 bridgehead atoms. The molecular weight excluding hydrogens is 330 g/mol. The van der Waals surface area contributed by atoms with Crippen LogP contribution in [0.25, 0.3) is 0 Å². The third kappa shape index (κ3) is 3.22. The number of aryl methyl sites for hydroxylation is 2. The smallest absolute Gasteiger partial charge is 0.125 e. The number of nitrogens with two attached hydrogens (primary N) is 1. The normalized spacial score (nSPS) is 12.1. The first-order valence-corrected chi connectivity index (χ1v) is 7.51. The number of hydrogen-bond donors (Lipinski definition) is 1. The Hall–Kier alpha value is -1.52. The van der Waals surface area contributed by atoms with Gasteiger partial charge in [-0.15, -0.1) is 0 Å². The third-order valence-corrected chi connectivity index (χ3v) is 4.14. The molecule has 1 unspecified atom stereocenters. The molecule has 0 saturated carbocycles. The molecule has 3 nitrogen and oxygen atoms in total. The van der Waals surface area contributed by atoms with Gasteiger partial charge in [-0.3, -0.25) is 0 Å². The number of rotatable bonds is 4. The van der Waals surface area contributed by atoms with Crippen molar-refractivity contribution in [3.8, 4) is 11.5 Å². The van der Waals surface area contributed by atoms with Crippen molar-refractivity contribution in [2.24, 2.45) is 5.73 Å². The van der Waals surface area contributed by atoms with E-state index in [9.17, 15) is 0 Å². The molecule has 21 heavy (non-hydrogen) atoms. The zero-order valence-corrected chi connectivity index (χ0v) is 14.3. The molecule has 1 atom stereocenters. The van der Waals surface area contributed by atoms with Crippen LogP contribution in [-0.2, 0) is 0 Å². The van der Waals surface area contributed by atoms with Crippen LogP contribution < -0.4 is 15.2 Å². The summed E-state index contributed by atoms with van der Waals surface area (Å²) in [5.74, 6) is 1.66. The van der Waals surface area contributed by atoms with Crippen molar-refractivity contribution in [2.75, 3.05) is 14.2 Å². The van der Waals surface area contributed by atoms with E-state index in [4.69, 9.17) is 15.2 Å². The standard InChI is InChI=1S/C17H20BrNO2/c1-10-8-15(20-3)11(2)7-14(10)17(19)13-6-5-12(18)9-16(13)21-4/h5-9,17H,19H2,1-4H3. The first-order valence-electron chi connectivity index (χ1n) is 6.72. The lowest BCUT2D eigenvalue weighted by atomic mass is 9.93. The van der Waals surface area contributed by atoms with Crippen molar-refractivity contribution in [3.63, 3.8) is 0 Å². The molecule has 0 saturated heterocycles. The summed E-state index contributed by atoms with van der Waals surface area (Å²) in [5, 5.41) is 0. The van der Waals surface area contributed by atoms with Gasteiger partial charge in [0.1, 0.15) is 11.5 Å². The highest BCUT2D eigenvalue weighted by molar-refractivity contribution is 9.10. The van der Waals surface area contributed by atoms with Gasteiger partial charge < -0.3 is 15.2 Å². The molecule has 2 aromatic rings. The minimum Gasteiger partial charge on any atom is -0.496 e. The molecule has 0 aliphatic carbocycles. The van der Waals surface area contributed by atoms with E-state index in [1.54, 1.807) is 14.2 Å². The minimum absolute atomic E-state index is 0.238. The van der Waals surface area contributed by atoms with Crippen LogP contribution in [0.4, 0.5) is 0 Å². The number of methoxy groups -OCH3 is 2. The van der Waals surface area contributed by atoms with E-state index in [0.717, 1.165) is 38.2 Å². The quantitative estimate of drug-likeness (QED) is 0.902. The highest BCUT2D eigenvalue weighted by Crippen LogP contribution is 2.34. The van der Waals surface area contributed by atoms with Crippen LogP contribution in [0.1, 0.15) is 28.3 Å². The molecule has 2 rings (SSSR count). The fraction of sp³-hybridized carbons (Fsp3) is 0.294. The molecular formula is C17H20BrNO2. The Labute approximate surface area is 134 Å². The first-order chi connectivity index (χ1) is 9.97. The molecule has 0 aromatic heterocycles. The van der Waals surface area contributed by atoms with Gasteiger partial charge in [-0.25, -0.2) is 0 Å². The second-order valence-corrected chi connectivity index (χ2v) is 5.96. The Morgan fingerprint density at radius 1 is 0.905 bits per heavy atom. The molecule has 0 fully saturated rings. The maximum Gasteiger partial charge on any atom is 0.125 e. The highest BCUT2D eigenvalue weighted by Gasteiger charge is 2.17. The molecule has 0 amide bonds. The van der Waals surface area contributed by atoms with Crippen LogP contribution in [0.5, 0.6) is 11.5 Å². The van der Waals surface area contributed by atoms with Crippen molar-refractivity contribution in [3.05, 3.63) is 57.1 Å². The zero-order valence-electron chi connectivity index (χ0n) is 12.7. The van der Waals surface area contributed by atoms with Crippen molar-refractivity contribution in [1.82, 2.24) is 0 Å². The van der Waals surface area contributed by atoms with E-state index in [-0.39, 0.29) is 6.04 Å². The van der Waals surface area contributed by atoms with E-state index in [1.165, 1.54) is 0 Å². The summed E-state index contributed by atoms with van der Waals surface area (Å²) < 4.78 is 11.8. The maximum absolute atomic E-state index is 6.47. The SMILES string of the molecule is COc1cc(C)c(C(N)c2ccc(Br)cc2OC)cc1C. The van der Waals surface area contributed by atoms with Crippen LogP contribution in [0.2, 0.25) is 0 Å². The summed E-state index contributed by atoms with van der Waals surface area (Å²) in [6.45, 7) is 4.07. The molecule has 0 aliphatic rings. The number of benzene rings is 2. The molecule has 2 aromatic carbocycles. The van der Waals surface area contributed by atoms with Crippen molar-refractivity contribution >= 4 is 15.9 Å². The second-order valence-electron chi connectivity index (χ2n) is 5.04. The van der Waals surface area contributed by atoms with Crippen LogP contribution in [-0.4, -0.2) is 14.2 Å². The number of halogens is 1. The van der Waals surface area contributed by atoms with Crippen molar-refractivity contribution in [1.29, 1.82) is 0 Å². The van der Waals surface area contributed by atoms with Gasteiger partial charge in [-0.2, -0.15) is 0 Å². The summed E-state index contributed by atoms with van der Waals surface area (Å²) in [5.41, 5.74) is 10.7. The van der Waals surface area contributed by atoms with E-state index in [0.29, 0.717) is 0 Å². The first kappa shape index (κ1) is 15.9. The van der Waals surface area contributed by atoms with Crippen molar-refractivity contribution < 1.29 is 9.47 Å². The Morgan fingerprint density at radius 3 is 2.19 bits per heavy atom. The monoisotopic (exact) mass is 349 g/mol. The zero-order chi connectivity index (χ0) is 15.6. The Morgan fingerprint density at radius 2 is 1.57 bits per heavy atom. The minimum atomic E-state index is -0.238. The predicted molar refractivity (Wildman–Crippen MR) is 89.2 cm³/mol. The van der Waals surface area contributed by atoms with Crippen LogP contribution >= 0.6 is 15.9 Å². The van der Waals surface area contributed by atoms with Crippen LogP contribution in [0.15, 0.2) is 34.8 Å². The summed E-state index contributed by atoms with van der Waals surface area (Å²) in [6.07, 6.45) is 0. The molecule has 112 valence electrons. The molecule has 2 N–H and O–H groups in total. The number of ether oxygens (including phenoxy) is 2. The Kier molecular flexibility index (Phi) is 4.91. The van der Waals surface area contributed by atoms with Crippen molar-refractivity contribution in [2.45, 2.75) is 19.9 Å². The van der Waals surface area contributed by atoms with Gasteiger partial charge in [0.2, 0.25) is 0 Å². The summed E-state index contributed by atoms with van der Waals surface area (Å²) in [4.78, 5) is 0. The lowest BCUT2D eigenvalue weighted by Crippen LogP contribution is -2.15. The van der Waals surface area contributed by atoms with E-state index in [1.807, 2.05) is 38.1 Å². The Bertz CT molecular complexity index is 655. The van der Waals surface area contributed by atoms with Gasteiger partial charge in [0.05, 0.1) is 20.3 Å². The third-order valence-electron chi connectivity index (χ3n) is 3.65. The maximum atomic E-state index is 6.47. The van der Waals surface area contributed by atoms with Gasteiger partial charge in [0.25, 0.3) is 0 Å². The average Bonchev–Trinajstić information content (AvgIpc) is 2.48. The molecule has 0 spiro atoms. The second kappa shape index (κ2) is 6.50. The largest absolute Gasteiger partial charge is 0.496 e. The lowest BCUT2D eigenvalue weighted by molar-refractivity contribution is 0.407. The van der Waals surface area contributed by atoms with E-state index >= 15 is 0 Å². The fourth-order valence-electron chi connectivity index (χ4n) is 2.48. The lowest BCUT2D eigenvalue weighted by Gasteiger charge is -2.20. The topological polar surface area (TPSA) is 44.5 Å². The van der Waals surface area contributed by atoms with Gasteiger partial charge >= 0.3 is 0 Å². The van der Waals surface area contributed by atoms with Crippen LogP contribution in [0, 0.1) is 13.8 Å².